The van der Waals surface area contributed by atoms with Crippen LogP contribution in [0.3, 0.4) is 0 Å². The van der Waals surface area contributed by atoms with Gasteiger partial charge in [-0.1, -0.05) is 11.8 Å². The molecule has 1 aromatic carbocycles. The maximum Gasteiger partial charge on any atom is 0.341 e. The number of thiophene rings is 1. The van der Waals surface area contributed by atoms with Crippen LogP contribution in [0, 0.1) is 12.7 Å². The number of nitrogens with one attached hydrogen (secondary N) is 1. The van der Waals surface area contributed by atoms with Crippen molar-refractivity contribution in [1.82, 2.24) is 14.8 Å². The first-order chi connectivity index (χ1) is 17.5. The van der Waals surface area contributed by atoms with Crippen LogP contribution < -0.4 is 15.8 Å². The number of carbonyl (C=O) groups is 3. The standard InChI is InChI=1S/C24H28FN5O5S2/c1-6-30-21(14(5)35-16-9-7-15(25)8-10-16)28-29-24(30)36-11-17(31)27-22-18(23(33)34-12(2)3)13(4)19(37-22)20(26)32/h7-10,12,14H,6,11H2,1-5H3,(H2,26,32)(H,27,31). The van der Waals surface area contributed by atoms with Gasteiger partial charge in [0.2, 0.25) is 5.91 Å². The Hall–Kier alpha value is -3.45. The lowest BCUT2D eigenvalue weighted by Gasteiger charge is -2.15. The number of carbonyl (C=O) groups excluding carboxylic acids is 3. The number of hydrogen-bond donors (Lipinski definition) is 2. The second-order valence-corrected chi connectivity index (χ2v) is 10.2. The molecule has 2 heterocycles. The average molecular weight is 550 g/mol. The van der Waals surface area contributed by atoms with Crippen LogP contribution in [-0.2, 0) is 16.1 Å². The minimum atomic E-state index is -0.698. The van der Waals surface area contributed by atoms with Crippen molar-refractivity contribution in [3.63, 3.8) is 0 Å². The van der Waals surface area contributed by atoms with Crippen molar-refractivity contribution in [2.24, 2.45) is 5.73 Å². The van der Waals surface area contributed by atoms with Gasteiger partial charge in [0.25, 0.3) is 5.91 Å². The molecule has 13 heteroatoms. The highest BCUT2D eigenvalue weighted by molar-refractivity contribution is 7.99. The summed E-state index contributed by atoms with van der Waals surface area (Å²) in [7, 11) is 0. The lowest BCUT2D eigenvalue weighted by atomic mass is 10.1. The number of benzene rings is 1. The third-order valence-electron chi connectivity index (χ3n) is 5.05. The molecule has 2 aromatic heterocycles. The van der Waals surface area contributed by atoms with E-state index in [-0.39, 0.29) is 33.1 Å². The van der Waals surface area contributed by atoms with Crippen molar-refractivity contribution in [1.29, 1.82) is 0 Å². The normalized spacial score (nSPS) is 11.9. The summed E-state index contributed by atoms with van der Waals surface area (Å²) in [6.45, 7) is 9.22. The molecule has 3 rings (SSSR count). The van der Waals surface area contributed by atoms with Crippen molar-refractivity contribution in [3.05, 3.63) is 51.9 Å². The van der Waals surface area contributed by atoms with Crippen LogP contribution in [0.5, 0.6) is 5.75 Å². The number of nitrogens with zero attached hydrogens (tertiary/aromatic N) is 3. The molecule has 0 aliphatic heterocycles. The summed E-state index contributed by atoms with van der Waals surface area (Å²) in [6.07, 6.45) is -0.858. The summed E-state index contributed by atoms with van der Waals surface area (Å²) in [5, 5.41) is 11.8. The molecule has 1 atom stereocenters. The molecular weight excluding hydrogens is 521 g/mol. The Balaban J connectivity index is 1.71. The van der Waals surface area contributed by atoms with E-state index in [1.165, 1.54) is 24.3 Å². The molecule has 0 spiro atoms. The molecule has 0 radical (unpaired) electrons. The number of thioether (sulfide) groups is 1. The van der Waals surface area contributed by atoms with E-state index in [4.69, 9.17) is 15.2 Å². The largest absolute Gasteiger partial charge is 0.483 e. The molecule has 2 amide bonds. The number of amides is 2. The van der Waals surface area contributed by atoms with E-state index < -0.39 is 23.9 Å². The number of primary amides is 1. The van der Waals surface area contributed by atoms with Crippen molar-refractivity contribution in [2.75, 3.05) is 11.1 Å². The molecule has 0 aliphatic carbocycles. The van der Waals surface area contributed by atoms with E-state index >= 15 is 0 Å². The third-order valence-corrected chi connectivity index (χ3v) is 7.24. The van der Waals surface area contributed by atoms with E-state index in [9.17, 15) is 18.8 Å². The maximum absolute atomic E-state index is 13.2. The van der Waals surface area contributed by atoms with Gasteiger partial charge in [-0.2, -0.15) is 0 Å². The predicted octanol–water partition coefficient (Wildman–Crippen LogP) is 4.34. The first-order valence-corrected chi connectivity index (χ1v) is 13.2. The Labute approximate surface area is 221 Å². The molecule has 3 aromatic rings. The SMILES string of the molecule is CCn1c(SCC(=O)Nc2sc(C(N)=O)c(C)c2C(=O)OC(C)C)nnc1C(C)Oc1ccc(F)cc1. The van der Waals surface area contributed by atoms with Gasteiger partial charge in [0.15, 0.2) is 17.1 Å². The molecule has 0 saturated heterocycles. The molecule has 0 saturated carbocycles. The number of anilines is 1. The summed E-state index contributed by atoms with van der Waals surface area (Å²) < 4.78 is 26.1. The van der Waals surface area contributed by atoms with E-state index in [1.54, 1.807) is 27.7 Å². The molecule has 3 N–H and O–H groups in total. The molecule has 0 fully saturated rings. The first-order valence-electron chi connectivity index (χ1n) is 11.4. The summed E-state index contributed by atoms with van der Waals surface area (Å²) in [5.74, 6) is -1.12. The van der Waals surface area contributed by atoms with Crippen molar-refractivity contribution >= 4 is 45.9 Å². The maximum atomic E-state index is 13.2. The summed E-state index contributed by atoms with van der Waals surface area (Å²) >= 11 is 2.08. The van der Waals surface area contributed by atoms with Gasteiger partial charge < -0.3 is 25.1 Å². The van der Waals surface area contributed by atoms with Crippen LogP contribution in [0.1, 0.15) is 65.2 Å². The lowest BCUT2D eigenvalue weighted by molar-refractivity contribution is -0.113. The zero-order valence-corrected chi connectivity index (χ0v) is 22.7. The number of ether oxygens (including phenoxy) is 2. The van der Waals surface area contributed by atoms with Gasteiger partial charge in [-0.3, -0.25) is 9.59 Å². The molecule has 0 bridgehead atoms. The van der Waals surface area contributed by atoms with Gasteiger partial charge in [-0.05, 0) is 64.4 Å². The van der Waals surface area contributed by atoms with Gasteiger partial charge >= 0.3 is 5.97 Å². The van der Waals surface area contributed by atoms with Crippen LogP contribution in [0.4, 0.5) is 9.39 Å². The van der Waals surface area contributed by atoms with Crippen LogP contribution in [-0.4, -0.2) is 44.4 Å². The quantitative estimate of drug-likeness (QED) is 0.266. The predicted molar refractivity (Wildman–Crippen MR) is 139 cm³/mol. The van der Waals surface area contributed by atoms with Crippen molar-refractivity contribution < 1.29 is 28.2 Å². The summed E-state index contributed by atoms with van der Waals surface area (Å²) in [4.78, 5) is 37.4. The number of halogens is 1. The summed E-state index contributed by atoms with van der Waals surface area (Å²) in [6, 6.07) is 5.67. The highest BCUT2D eigenvalue weighted by Gasteiger charge is 2.27. The third kappa shape index (κ3) is 6.86. The van der Waals surface area contributed by atoms with Crippen LogP contribution in [0.15, 0.2) is 29.4 Å². The minimum absolute atomic E-state index is 0.0349. The average Bonchev–Trinajstić information content (AvgIpc) is 3.39. The number of nitrogens with two attached hydrogens (primary N) is 1. The zero-order valence-electron chi connectivity index (χ0n) is 21.0. The van der Waals surface area contributed by atoms with E-state index in [0.717, 1.165) is 23.1 Å². The Morgan fingerprint density at radius 1 is 1.19 bits per heavy atom. The second kappa shape index (κ2) is 12.2. The van der Waals surface area contributed by atoms with E-state index in [0.29, 0.717) is 28.8 Å². The zero-order chi connectivity index (χ0) is 27.3. The number of esters is 1. The van der Waals surface area contributed by atoms with Crippen LogP contribution in [0.25, 0.3) is 0 Å². The Morgan fingerprint density at radius 3 is 2.46 bits per heavy atom. The molecule has 198 valence electrons. The van der Waals surface area contributed by atoms with Gasteiger partial charge in [0.05, 0.1) is 22.3 Å². The monoisotopic (exact) mass is 549 g/mol. The highest BCUT2D eigenvalue weighted by Crippen LogP contribution is 2.34. The number of aromatic nitrogens is 3. The van der Waals surface area contributed by atoms with Crippen LogP contribution in [0.2, 0.25) is 0 Å². The fourth-order valence-electron chi connectivity index (χ4n) is 3.42. The van der Waals surface area contributed by atoms with Crippen LogP contribution >= 0.6 is 23.1 Å². The fourth-order valence-corrected chi connectivity index (χ4v) is 5.30. The molecule has 10 nitrogen and oxygen atoms in total. The molecular formula is C24H28FN5O5S2. The molecule has 37 heavy (non-hydrogen) atoms. The van der Waals surface area contributed by atoms with E-state index in [1.807, 2.05) is 11.5 Å². The van der Waals surface area contributed by atoms with Gasteiger partial charge in [-0.15, -0.1) is 21.5 Å². The lowest BCUT2D eigenvalue weighted by Crippen LogP contribution is -2.18. The second-order valence-electron chi connectivity index (χ2n) is 8.21. The molecule has 1 unspecified atom stereocenters. The smallest absolute Gasteiger partial charge is 0.341 e. The van der Waals surface area contributed by atoms with Gasteiger partial charge in [0.1, 0.15) is 16.6 Å². The Bertz CT molecular complexity index is 1290. The van der Waals surface area contributed by atoms with Crippen molar-refractivity contribution in [3.8, 4) is 5.75 Å². The topological polar surface area (TPSA) is 138 Å². The van der Waals surface area contributed by atoms with Crippen molar-refractivity contribution in [2.45, 2.75) is 58.5 Å². The van der Waals surface area contributed by atoms with E-state index in [2.05, 4.69) is 15.5 Å². The highest BCUT2D eigenvalue weighted by atomic mass is 32.2. The summed E-state index contributed by atoms with van der Waals surface area (Å²) in [5.41, 5.74) is 5.90. The first kappa shape index (κ1) is 28.1. The van der Waals surface area contributed by atoms with Gasteiger partial charge in [0, 0.05) is 6.54 Å². The van der Waals surface area contributed by atoms with Gasteiger partial charge in [-0.25, -0.2) is 9.18 Å². The Kier molecular flexibility index (Phi) is 9.27. The Morgan fingerprint density at radius 2 is 1.86 bits per heavy atom. The number of rotatable bonds is 11. The molecule has 0 aliphatic rings. The fraction of sp³-hybridized carbons (Fsp3) is 0.375. The number of hydrogen-bond acceptors (Lipinski definition) is 9. The minimum Gasteiger partial charge on any atom is -0.483 e.